The Bertz CT molecular complexity index is 1210. The molecule has 0 aliphatic carbocycles. The number of hydrogen-bond acceptors (Lipinski definition) is 6. The van der Waals surface area contributed by atoms with E-state index in [0.717, 1.165) is 16.9 Å². The number of halogens is 5. The van der Waals surface area contributed by atoms with E-state index in [4.69, 9.17) is 0 Å². The van der Waals surface area contributed by atoms with Gasteiger partial charge in [-0.2, -0.15) is 18.3 Å². The van der Waals surface area contributed by atoms with E-state index < -0.39 is 30.3 Å². The third kappa shape index (κ3) is 3.95. The van der Waals surface area contributed by atoms with Gasteiger partial charge in [-0.15, -0.1) is 0 Å². The van der Waals surface area contributed by atoms with Crippen LogP contribution >= 0.6 is 0 Å². The van der Waals surface area contributed by atoms with Crippen LogP contribution in [0.2, 0.25) is 0 Å². The number of carbonyl (C=O) groups excluding carboxylic acids is 1. The summed E-state index contributed by atoms with van der Waals surface area (Å²) in [4.78, 5) is 28.1. The van der Waals surface area contributed by atoms with Crippen LogP contribution in [0, 0.1) is 5.41 Å². The molecule has 33 heavy (non-hydrogen) atoms. The molecule has 8 nitrogen and oxygen atoms in total. The predicted molar refractivity (Wildman–Crippen MR) is 107 cm³/mol. The van der Waals surface area contributed by atoms with E-state index >= 15 is 0 Å². The monoisotopic (exact) mass is 467 g/mol. The summed E-state index contributed by atoms with van der Waals surface area (Å²) in [5, 5.41) is 3.91. The van der Waals surface area contributed by atoms with E-state index in [9.17, 15) is 26.7 Å². The molecule has 0 N–H and O–H groups in total. The van der Waals surface area contributed by atoms with Gasteiger partial charge in [0.05, 0.1) is 12.4 Å². The van der Waals surface area contributed by atoms with E-state index in [-0.39, 0.29) is 30.2 Å². The molecule has 1 unspecified atom stereocenters. The van der Waals surface area contributed by atoms with Crippen molar-refractivity contribution < 1.29 is 26.7 Å². The van der Waals surface area contributed by atoms with Crippen molar-refractivity contribution in [3.8, 4) is 0 Å². The van der Waals surface area contributed by atoms with E-state index in [1.807, 2.05) is 4.90 Å². The third-order valence-electron chi connectivity index (χ3n) is 6.07. The van der Waals surface area contributed by atoms with Crippen LogP contribution in [0.4, 0.5) is 33.5 Å². The van der Waals surface area contributed by atoms with Crippen LogP contribution in [0.3, 0.4) is 0 Å². The summed E-state index contributed by atoms with van der Waals surface area (Å²) in [5.74, 6) is 0.220. The predicted octanol–water partition coefficient (Wildman–Crippen LogP) is 3.14. The Hall–Kier alpha value is -3.38. The highest BCUT2D eigenvalue weighted by atomic mass is 19.4. The van der Waals surface area contributed by atoms with Crippen LogP contribution in [0.5, 0.6) is 0 Å². The van der Waals surface area contributed by atoms with Crippen LogP contribution in [-0.2, 0) is 17.5 Å². The van der Waals surface area contributed by atoms with E-state index in [0.29, 0.717) is 30.8 Å². The van der Waals surface area contributed by atoms with Gasteiger partial charge in [-0.1, -0.05) is 0 Å². The number of alkyl halides is 5. The fourth-order valence-electron chi connectivity index (χ4n) is 4.53. The lowest BCUT2D eigenvalue weighted by molar-refractivity contribution is -0.141. The van der Waals surface area contributed by atoms with Gasteiger partial charge in [0.2, 0.25) is 5.91 Å². The second-order valence-electron chi connectivity index (χ2n) is 8.38. The van der Waals surface area contributed by atoms with E-state index in [1.165, 1.54) is 23.4 Å². The first kappa shape index (κ1) is 21.5. The summed E-state index contributed by atoms with van der Waals surface area (Å²) in [6, 6.07) is 2.27. The summed E-state index contributed by atoms with van der Waals surface area (Å²) in [5.41, 5.74) is -0.706. The average Bonchev–Trinajstić information content (AvgIpc) is 3.44. The van der Waals surface area contributed by atoms with Gasteiger partial charge in [-0.25, -0.2) is 23.4 Å². The average molecular weight is 467 g/mol. The van der Waals surface area contributed by atoms with Crippen LogP contribution < -0.4 is 9.80 Å². The molecule has 1 amide bonds. The number of fused-ring (bicyclic) bond motifs is 1. The van der Waals surface area contributed by atoms with Crippen LogP contribution in [0.1, 0.15) is 18.5 Å². The lowest BCUT2D eigenvalue weighted by Gasteiger charge is -2.24. The first-order chi connectivity index (χ1) is 15.6. The fourth-order valence-corrected chi connectivity index (χ4v) is 4.53. The second kappa shape index (κ2) is 7.59. The van der Waals surface area contributed by atoms with Crippen molar-refractivity contribution in [1.29, 1.82) is 0 Å². The highest BCUT2D eigenvalue weighted by Gasteiger charge is 2.48. The van der Waals surface area contributed by atoms with Crippen molar-refractivity contribution in [2.24, 2.45) is 5.41 Å². The van der Waals surface area contributed by atoms with Gasteiger partial charge in [0.15, 0.2) is 5.65 Å². The molecule has 1 spiro atoms. The van der Waals surface area contributed by atoms with Gasteiger partial charge >= 0.3 is 6.18 Å². The van der Waals surface area contributed by atoms with Crippen LogP contribution in [-0.4, -0.2) is 56.7 Å². The first-order valence-electron chi connectivity index (χ1n) is 10.2. The normalized spacial score (nSPS) is 21.3. The van der Waals surface area contributed by atoms with Gasteiger partial charge in [-0.3, -0.25) is 9.78 Å². The van der Waals surface area contributed by atoms with E-state index in [1.54, 1.807) is 0 Å². The molecule has 5 rings (SSSR count). The zero-order valence-corrected chi connectivity index (χ0v) is 17.1. The Balaban J connectivity index is 1.36. The SMILES string of the molecule is O=C1CC2(CCN(c3cnc4cnn(CC(F)F)c4n3)C2)CN1c1ccnc(C(F)(F)F)c1. The summed E-state index contributed by atoms with van der Waals surface area (Å²) < 4.78 is 65.8. The van der Waals surface area contributed by atoms with Crippen molar-refractivity contribution in [3.05, 3.63) is 36.4 Å². The van der Waals surface area contributed by atoms with Gasteiger partial charge < -0.3 is 9.80 Å². The molecule has 174 valence electrons. The third-order valence-corrected chi connectivity index (χ3v) is 6.07. The number of hydrogen-bond donors (Lipinski definition) is 0. The summed E-state index contributed by atoms with van der Waals surface area (Å²) in [6.45, 7) is 0.660. The molecule has 5 heterocycles. The maximum atomic E-state index is 13.0. The molecule has 13 heteroatoms. The molecule has 0 aromatic carbocycles. The minimum Gasteiger partial charge on any atom is -0.355 e. The molecular weight excluding hydrogens is 449 g/mol. The highest BCUT2D eigenvalue weighted by molar-refractivity contribution is 5.96. The van der Waals surface area contributed by atoms with E-state index in [2.05, 4.69) is 20.1 Å². The minimum atomic E-state index is -4.60. The topological polar surface area (TPSA) is 80.0 Å². The standard InChI is InChI=1S/C20H18F5N7O/c21-15(22)9-32-18-13(7-28-32)27-8-16(29-18)30-4-2-19(10-30)6-17(33)31(11-19)12-1-3-26-14(5-12)20(23,24)25/h1,3,5,7-8,15H,2,4,6,9-11H2. The number of amides is 1. The summed E-state index contributed by atoms with van der Waals surface area (Å²) >= 11 is 0. The molecule has 0 bridgehead atoms. The Morgan fingerprint density at radius 3 is 2.73 bits per heavy atom. The molecular formula is C20H18F5N7O. The highest BCUT2D eigenvalue weighted by Crippen LogP contribution is 2.43. The first-order valence-corrected chi connectivity index (χ1v) is 10.2. The zero-order valence-electron chi connectivity index (χ0n) is 17.1. The quantitative estimate of drug-likeness (QED) is 0.549. The summed E-state index contributed by atoms with van der Waals surface area (Å²) in [7, 11) is 0. The number of carbonyl (C=O) groups is 1. The van der Waals surface area contributed by atoms with Crippen molar-refractivity contribution in [2.45, 2.75) is 32.0 Å². The minimum absolute atomic E-state index is 0.162. The Labute approximate surface area is 184 Å². The Morgan fingerprint density at radius 2 is 1.97 bits per heavy atom. The zero-order chi connectivity index (χ0) is 23.4. The molecule has 3 aromatic rings. The fraction of sp³-hybridized carbons (Fsp3) is 0.450. The van der Waals surface area contributed by atoms with Gasteiger partial charge in [0.1, 0.15) is 23.6 Å². The number of nitrogens with zero attached hydrogens (tertiary/aromatic N) is 7. The molecule has 0 radical (unpaired) electrons. The van der Waals surface area contributed by atoms with Crippen molar-refractivity contribution in [2.75, 3.05) is 29.4 Å². The smallest absolute Gasteiger partial charge is 0.355 e. The molecule has 2 saturated heterocycles. The molecule has 0 saturated carbocycles. The Morgan fingerprint density at radius 1 is 1.15 bits per heavy atom. The number of pyridine rings is 1. The maximum Gasteiger partial charge on any atom is 0.433 e. The Kier molecular flexibility index (Phi) is 4.94. The van der Waals surface area contributed by atoms with Crippen molar-refractivity contribution >= 4 is 28.6 Å². The molecule has 2 aliphatic heterocycles. The molecule has 2 aliphatic rings. The molecule has 1 atom stereocenters. The van der Waals surface area contributed by atoms with Crippen LogP contribution in [0.25, 0.3) is 11.2 Å². The van der Waals surface area contributed by atoms with Gasteiger partial charge in [-0.05, 0) is 18.6 Å². The van der Waals surface area contributed by atoms with Gasteiger partial charge in [0.25, 0.3) is 6.43 Å². The summed E-state index contributed by atoms with van der Waals surface area (Å²) in [6.07, 6.45) is -2.43. The largest absolute Gasteiger partial charge is 0.433 e. The number of rotatable bonds is 4. The molecule has 2 fully saturated rings. The van der Waals surface area contributed by atoms with Gasteiger partial charge in [0, 0.05) is 43.4 Å². The molecule has 3 aromatic heterocycles. The maximum absolute atomic E-state index is 13.0. The number of aromatic nitrogens is 5. The lowest BCUT2D eigenvalue weighted by Crippen LogP contribution is -2.31. The van der Waals surface area contributed by atoms with Crippen LogP contribution in [0.15, 0.2) is 30.7 Å². The van der Waals surface area contributed by atoms with Crippen molar-refractivity contribution in [3.63, 3.8) is 0 Å². The second-order valence-corrected chi connectivity index (χ2v) is 8.38. The number of anilines is 2. The lowest BCUT2D eigenvalue weighted by atomic mass is 9.86. The van der Waals surface area contributed by atoms with Crippen molar-refractivity contribution in [1.82, 2.24) is 24.7 Å².